The minimum Gasteiger partial charge on any atom is -0.291 e. The smallest absolute Gasteiger partial charge is 0.173 e. The van der Waals surface area contributed by atoms with Gasteiger partial charge in [0.25, 0.3) is 0 Å². The standard InChI is InChI=1S/C28H24Cl2F2N2S/c1-17-15-18(8-13-22(17)29)28(2)14-4-7-25-26(28)34(20-11-9-19(31)10-12-20)27(33-25)35-16-21-23(30)5-3-6-24(21)32/h3,5-6,8-13,15H,4,7,14,16H2,1-2H3. The molecule has 180 valence electrons. The first-order valence-electron chi connectivity index (χ1n) is 11.5. The molecule has 1 aromatic heterocycles. The molecule has 1 aliphatic rings. The van der Waals surface area contributed by atoms with E-state index in [0.29, 0.717) is 16.3 Å². The number of imidazole rings is 1. The summed E-state index contributed by atoms with van der Waals surface area (Å²) in [6.45, 7) is 4.24. The Bertz CT molecular complexity index is 1380. The van der Waals surface area contributed by atoms with Gasteiger partial charge in [-0.3, -0.25) is 4.57 Å². The van der Waals surface area contributed by atoms with Gasteiger partial charge in [0.2, 0.25) is 0 Å². The molecule has 0 aliphatic heterocycles. The van der Waals surface area contributed by atoms with E-state index in [1.54, 1.807) is 24.3 Å². The molecule has 1 aliphatic carbocycles. The molecule has 0 saturated heterocycles. The average molecular weight is 529 g/mol. The topological polar surface area (TPSA) is 17.8 Å². The van der Waals surface area contributed by atoms with E-state index in [9.17, 15) is 8.78 Å². The number of hydrogen-bond donors (Lipinski definition) is 0. The van der Waals surface area contributed by atoms with Gasteiger partial charge in [-0.15, -0.1) is 0 Å². The van der Waals surface area contributed by atoms with E-state index in [1.165, 1.54) is 30.0 Å². The summed E-state index contributed by atoms with van der Waals surface area (Å²) in [5, 5.41) is 1.86. The molecule has 4 aromatic rings. The molecule has 3 aromatic carbocycles. The number of aryl methyl sites for hydroxylation is 2. The van der Waals surface area contributed by atoms with E-state index in [-0.39, 0.29) is 17.0 Å². The summed E-state index contributed by atoms with van der Waals surface area (Å²) in [6, 6.07) is 17.3. The first-order valence-corrected chi connectivity index (χ1v) is 13.2. The third-order valence-corrected chi connectivity index (χ3v) is 8.56. The largest absolute Gasteiger partial charge is 0.291 e. The number of fused-ring (bicyclic) bond motifs is 1. The molecular weight excluding hydrogens is 505 g/mol. The molecular formula is C28H24Cl2F2N2S. The summed E-state index contributed by atoms with van der Waals surface area (Å²) in [7, 11) is 0. The van der Waals surface area contributed by atoms with Crippen LogP contribution in [0.25, 0.3) is 5.69 Å². The molecule has 0 spiro atoms. The Balaban J connectivity index is 1.67. The molecule has 5 rings (SSSR count). The van der Waals surface area contributed by atoms with Crippen molar-refractivity contribution < 1.29 is 8.78 Å². The van der Waals surface area contributed by atoms with E-state index in [2.05, 4.69) is 23.6 Å². The first kappa shape index (κ1) is 24.4. The second-order valence-corrected chi connectivity index (χ2v) is 10.9. The van der Waals surface area contributed by atoms with Gasteiger partial charge in [0, 0.05) is 32.5 Å². The fraction of sp³-hybridized carbons (Fsp3) is 0.250. The van der Waals surface area contributed by atoms with Gasteiger partial charge in [-0.25, -0.2) is 13.8 Å². The Morgan fingerprint density at radius 2 is 1.80 bits per heavy atom. The van der Waals surface area contributed by atoms with E-state index in [4.69, 9.17) is 28.2 Å². The predicted octanol–water partition coefficient (Wildman–Crippen LogP) is 8.70. The van der Waals surface area contributed by atoms with Crippen molar-refractivity contribution in [3.63, 3.8) is 0 Å². The zero-order chi connectivity index (χ0) is 24.7. The molecule has 35 heavy (non-hydrogen) atoms. The zero-order valence-electron chi connectivity index (χ0n) is 19.4. The Morgan fingerprint density at radius 1 is 1.03 bits per heavy atom. The lowest BCUT2D eigenvalue weighted by Crippen LogP contribution is -2.31. The van der Waals surface area contributed by atoms with Crippen LogP contribution in [0.1, 0.15) is 47.8 Å². The van der Waals surface area contributed by atoms with E-state index in [0.717, 1.165) is 57.6 Å². The van der Waals surface area contributed by atoms with Gasteiger partial charge in [-0.1, -0.05) is 53.2 Å². The average Bonchev–Trinajstić information content (AvgIpc) is 3.21. The van der Waals surface area contributed by atoms with Gasteiger partial charge in [-0.2, -0.15) is 0 Å². The molecule has 1 heterocycles. The molecule has 0 saturated carbocycles. The van der Waals surface area contributed by atoms with Crippen LogP contribution >= 0.6 is 35.0 Å². The van der Waals surface area contributed by atoms with Crippen molar-refractivity contribution in [3.8, 4) is 5.69 Å². The van der Waals surface area contributed by atoms with Gasteiger partial charge in [0.05, 0.1) is 11.4 Å². The number of hydrogen-bond acceptors (Lipinski definition) is 2. The fourth-order valence-corrected chi connectivity index (χ4v) is 6.41. The third kappa shape index (κ3) is 4.50. The van der Waals surface area contributed by atoms with Crippen molar-refractivity contribution >= 4 is 35.0 Å². The molecule has 2 nitrogen and oxygen atoms in total. The van der Waals surface area contributed by atoms with Crippen LogP contribution in [0.3, 0.4) is 0 Å². The number of rotatable bonds is 5. The van der Waals surface area contributed by atoms with Crippen molar-refractivity contribution in [1.29, 1.82) is 0 Å². The van der Waals surface area contributed by atoms with E-state index < -0.39 is 0 Å². The molecule has 0 bridgehead atoms. The van der Waals surface area contributed by atoms with Crippen molar-refractivity contribution in [2.75, 3.05) is 0 Å². The Morgan fingerprint density at radius 3 is 2.51 bits per heavy atom. The summed E-state index contributed by atoms with van der Waals surface area (Å²) in [5.41, 5.74) is 5.23. The van der Waals surface area contributed by atoms with Crippen LogP contribution < -0.4 is 0 Å². The monoisotopic (exact) mass is 528 g/mol. The molecule has 0 N–H and O–H groups in total. The Labute approximate surface area is 218 Å². The van der Waals surface area contributed by atoms with Crippen LogP contribution in [-0.2, 0) is 17.6 Å². The maximum absolute atomic E-state index is 14.5. The highest BCUT2D eigenvalue weighted by Gasteiger charge is 2.39. The van der Waals surface area contributed by atoms with Crippen molar-refractivity contribution in [2.45, 2.75) is 49.4 Å². The van der Waals surface area contributed by atoms with Crippen LogP contribution in [0.15, 0.2) is 65.8 Å². The maximum Gasteiger partial charge on any atom is 0.173 e. The third-order valence-electron chi connectivity index (χ3n) is 6.82. The predicted molar refractivity (Wildman–Crippen MR) is 140 cm³/mol. The van der Waals surface area contributed by atoms with Gasteiger partial charge < -0.3 is 0 Å². The maximum atomic E-state index is 14.5. The highest BCUT2D eigenvalue weighted by Crippen LogP contribution is 2.46. The van der Waals surface area contributed by atoms with Crippen LogP contribution in [-0.4, -0.2) is 9.55 Å². The Hall–Kier alpha value is -2.34. The summed E-state index contributed by atoms with van der Waals surface area (Å²) in [6.07, 6.45) is 2.78. The van der Waals surface area contributed by atoms with E-state index >= 15 is 0 Å². The lowest BCUT2D eigenvalue weighted by molar-refractivity contribution is 0.442. The highest BCUT2D eigenvalue weighted by molar-refractivity contribution is 7.98. The quantitative estimate of drug-likeness (QED) is 0.241. The number of nitrogens with zero attached hydrogens (tertiary/aromatic N) is 2. The van der Waals surface area contributed by atoms with Crippen LogP contribution in [0.4, 0.5) is 8.78 Å². The SMILES string of the molecule is Cc1cc(C2(C)CCCc3nc(SCc4c(F)cccc4Cl)n(-c4ccc(F)cc4)c32)ccc1Cl. The minimum absolute atomic E-state index is 0.300. The number of benzene rings is 3. The highest BCUT2D eigenvalue weighted by atomic mass is 35.5. The van der Waals surface area contributed by atoms with Gasteiger partial charge in [0.1, 0.15) is 11.6 Å². The number of halogens is 4. The van der Waals surface area contributed by atoms with Crippen LogP contribution in [0.5, 0.6) is 0 Å². The lowest BCUT2D eigenvalue weighted by Gasteiger charge is -2.36. The van der Waals surface area contributed by atoms with E-state index in [1.807, 2.05) is 13.0 Å². The lowest BCUT2D eigenvalue weighted by atomic mass is 9.71. The number of aromatic nitrogens is 2. The van der Waals surface area contributed by atoms with Gasteiger partial charge in [0.15, 0.2) is 5.16 Å². The normalized spacial score (nSPS) is 17.4. The summed E-state index contributed by atoms with van der Waals surface area (Å²) < 4.78 is 30.4. The molecule has 0 fully saturated rings. The van der Waals surface area contributed by atoms with Gasteiger partial charge >= 0.3 is 0 Å². The van der Waals surface area contributed by atoms with Crippen molar-refractivity contribution in [3.05, 3.63) is 110 Å². The molecule has 1 atom stereocenters. The van der Waals surface area contributed by atoms with Gasteiger partial charge in [-0.05, 0) is 86.7 Å². The fourth-order valence-electron chi connectivity index (χ4n) is 4.91. The molecule has 0 amide bonds. The van der Waals surface area contributed by atoms with Crippen LogP contribution in [0.2, 0.25) is 10.0 Å². The van der Waals surface area contributed by atoms with Crippen molar-refractivity contribution in [2.24, 2.45) is 0 Å². The first-order chi connectivity index (χ1) is 16.8. The second-order valence-electron chi connectivity index (χ2n) is 9.14. The molecule has 7 heteroatoms. The van der Waals surface area contributed by atoms with Crippen LogP contribution in [0, 0.1) is 18.6 Å². The Kier molecular flexibility index (Phi) is 6.69. The second kappa shape index (κ2) is 9.61. The summed E-state index contributed by atoms with van der Waals surface area (Å²) in [5.74, 6) is -0.304. The summed E-state index contributed by atoms with van der Waals surface area (Å²) in [4.78, 5) is 5.03. The summed E-state index contributed by atoms with van der Waals surface area (Å²) >= 11 is 14.1. The van der Waals surface area contributed by atoms with Crippen molar-refractivity contribution in [1.82, 2.24) is 9.55 Å². The minimum atomic E-state index is -0.337. The molecule has 0 radical (unpaired) electrons. The zero-order valence-corrected chi connectivity index (χ0v) is 21.7. The molecule has 1 unspecified atom stereocenters. The number of thioether (sulfide) groups is 1.